The molecule has 0 N–H and O–H groups in total. The Kier molecular flexibility index (Phi) is 6.06. The summed E-state index contributed by atoms with van der Waals surface area (Å²) < 4.78 is 0. The van der Waals surface area contributed by atoms with E-state index >= 15 is 0 Å². The van der Waals surface area contributed by atoms with E-state index in [0.29, 0.717) is 5.92 Å². The molecule has 104 valence electrons. The van der Waals surface area contributed by atoms with Gasteiger partial charge >= 0.3 is 0 Å². The fraction of sp³-hybridized carbons (Fsp3) is 0.706. The predicted molar refractivity (Wildman–Crippen MR) is 80.6 cm³/mol. The molecule has 1 nitrogen and oxygen atoms in total. The van der Waals surface area contributed by atoms with Crippen molar-refractivity contribution in [2.24, 2.45) is 16.7 Å². The van der Waals surface area contributed by atoms with Crippen LogP contribution in [0.25, 0.3) is 0 Å². The van der Waals surface area contributed by atoms with Gasteiger partial charge in [0.1, 0.15) is 6.29 Å². The van der Waals surface area contributed by atoms with E-state index in [1.54, 1.807) is 0 Å². The Balaban J connectivity index is 5.37. The number of hydrogen-bond acceptors (Lipinski definition) is 1. The van der Waals surface area contributed by atoms with Gasteiger partial charge in [-0.05, 0) is 48.2 Å². The molecule has 0 aliphatic heterocycles. The number of rotatable bonds is 4. The highest BCUT2D eigenvalue weighted by atomic mass is 16.1. The molecule has 0 saturated heterocycles. The van der Waals surface area contributed by atoms with Crippen LogP contribution in [0, 0.1) is 16.7 Å². The molecule has 1 unspecified atom stereocenters. The topological polar surface area (TPSA) is 17.1 Å². The molecule has 0 spiro atoms. The van der Waals surface area contributed by atoms with E-state index in [2.05, 4.69) is 54.5 Å². The van der Waals surface area contributed by atoms with Crippen molar-refractivity contribution in [3.05, 3.63) is 23.3 Å². The van der Waals surface area contributed by atoms with Crippen molar-refractivity contribution in [3.8, 4) is 0 Å². The molecule has 18 heavy (non-hydrogen) atoms. The molecule has 0 amide bonds. The lowest BCUT2D eigenvalue weighted by Crippen LogP contribution is -2.27. The maximum Gasteiger partial charge on any atom is 0.145 e. The predicted octanol–water partition coefficient (Wildman–Crippen LogP) is 5.18. The van der Waals surface area contributed by atoms with Crippen molar-refractivity contribution in [1.29, 1.82) is 0 Å². The summed E-state index contributed by atoms with van der Waals surface area (Å²) in [6.45, 7) is 17.6. The Morgan fingerprint density at radius 1 is 1.11 bits per heavy atom. The first-order valence-corrected chi connectivity index (χ1v) is 6.81. The SMILES string of the molecule is C/C=C(\C=C(/C)C=O)C(CC(C)(C)C)C(C)(C)C. The van der Waals surface area contributed by atoms with Crippen molar-refractivity contribution in [3.63, 3.8) is 0 Å². The van der Waals surface area contributed by atoms with E-state index in [-0.39, 0.29) is 10.8 Å². The minimum Gasteiger partial charge on any atom is -0.298 e. The van der Waals surface area contributed by atoms with Gasteiger partial charge in [0.15, 0.2) is 0 Å². The van der Waals surface area contributed by atoms with Crippen LogP contribution < -0.4 is 0 Å². The maximum absolute atomic E-state index is 10.8. The van der Waals surface area contributed by atoms with Gasteiger partial charge in [-0.2, -0.15) is 0 Å². The van der Waals surface area contributed by atoms with Crippen LogP contribution in [0.3, 0.4) is 0 Å². The number of carbonyl (C=O) groups is 1. The molecule has 0 fully saturated rings. The zero-order chi connectivity index (χ0) is 14.6. The lowest BCUT2D eigenvalue weighted by atomic mass is 9.68. The number of allylic oxidation sites excluding steroid dienone is 4. The Hall–Kier alpha value is -0.850. The van der Waals surface area contributed by atoms with Crippen molar-refractivity contribution < 1.29 is 4.79 Å². The van der Waals surface area contributed by atoms with Crippen LogP contribution in [-0.2, 0) is 4.79 Å². The summed E-state index contributed by atoms with van der Waals surface area (Å²) in [5.74, 6) is 0.470. The highest BCUT2D eigenvalue weighted by Crippen LogP contribution is 2.41. The van der Waals surface area contributed by atoms with E-state index < -0.39 is 0 Å². The quantitative estimate of drug-likeness (QED) is 0.382. The highest BCUT2D eigenvalue weighted by molar-refractivity contribution is 5.73. The van der Waals surface area contributed by atoms with Gasteiger partial charge in [0.2, 0.25) is 0 Å². The summed E-state index contributed by atoms with van der Waals surface area (Å²) in [4.78, 5) is 10.8. The van der Waals surface area contributed by atoms with Crippen molar-refractivity contribution >= 4 is 6.29 Å². The molecule has 0 radical (unpaired) electrons. The molecule has 0 aromatic carbocycles. The summed E-state index contributed by atoms with van der Waals surface area (Å²) in [7, 11) is 0. The fourth-order valence-electron chi connectivity index (χ4n) is 2.22. The molecule has 1 atom stereocenters. The molecule has 0 aliphatic rings. The van der Waals surface area contributed by atoms with Gasteiger partial charge in [0, 0.05) is 0 Å². The van der Waals surface area contributed by atoms with E-state index in [9.17, 15) is 4.79 Å². The molecule has 0 aliphatic carbocycles. The van der Waals surface area contributed by atoms with Crippen LogP contribution in [0.1, 0.15) is 61.8 Å². The van der Waals surface area contributed by atoms with Crippen LogP contribution in [0.4, 0.5) is 0 Å². The number of aldehydes is 1. The third-order valence-electron chi connectivity index (χ3n) is 3.18. The van der Waals surface area contributed by atoms with Crippen LogP contribution in [0.5, 0.6) is 0 Å². The van der Waals surface area contributed by atoms with Gasteiger partial charge in [-0.15, -0.1) is 0 Å². The van der Waals surface area contributed by atoms with Crippen LogP contribution >= 0.6 is 0 Å². The van der Waals surface area contributed by atoms with Gasteiger partial charge in [-0.1, -0.05) is 53.7 Å². The minimum absolute atomic E-state index is 0.203. The van der Waals surface area contributed by atoms with Gasteiger partial charge in [-0.25, -0.2) is 0 Å². The first-order chi connectivity index (χ1) is 8.01. The second-order valence-electron chi connectivity index (χ2n) is 7.48. The van der Waals surface area contributed by atoms with E-state index in [4.69, 9.17) is 0 Å². The average Bonchev–Trinajstić information content (AvgIpc) is 2.19. The highest BCUT2D eigenvalue weighted by Gasteiger charge is 2.30. The molecule has 1 heteroatoms. The van der Waals surface area contributed by atoms with E-state index in [1.807, 2.05) is 13.0 Å². The second kappa shape index (κ2) is 6.36. The third-order valence-corrected chi connectivity index (χ3v) is 3.18. The third kappa shape index (κ3) is 6.18. The smallest absolute Gasteiger partial charge is 0.145 e. The summed E-state index contributed by atoms with van der Waals surface area (Å²) in [6, 6.07) is 0. The molecular formula is C17H30O. The van der Waals surface area contributed by atoms with Gasteiger partial charge in [0.05, 0.1) is 0 Å². The zero-order valence-electron chi connectivity index (χ0n) is 13.4. The molecule has 0 heterocycles. The Bertz CT molecular complexity index is 332. The summed E-state index contributed by atoms with van der Waals surface area (Å²) in [5, 5.41) is 0. The summed E-state index contributed by atoms with van der Waals surface area (Å²) in [5.41, 5.74) is 2.57. The molecule has 0 bridgehead atoms. The minimum atomic E-state index is 0.203. The second-order valence-corrected chi connectivity index (χ2v) is 7.48. The van der Waals surface area contributed by atoms with Crippen LogP contribution in [0.2, 0.25) is 0 Å². The Morgan fingerprint density at radius 3 is 1.89 bits per heavy atom. The largest absolute Gasteiger partial charge is 0.298 e. The van der Waals surface area contributed by atoms with Crippen molar-refractivity contribution in [2.45, 2.75) is 61.8 Å². The molecule has 0 saturated carbocycles. The number of hydrogen-bond donors (Lipinski definition) is 0. The standard InChI is InChI=1S/C17H30O/c1-9-14(10-13(2)12-18)15(17(6,7)8)11-16(3,4)5/h9-10,12,15H,11H2,1-8H3/b13-10+,14-9+. The summed E-state index contributed by atoms with van der Waals surface area (Å²) in [6.07, 6.45) is 6.24. The molecule has 0 aromatic rings. The maximum atomic E-state index is 10.8. The zero-order valence-corrected chi connectivity index (χ0v) is 13.4. The molecule has 0 aromatic heterocycles. The van der Waals surface area contributed by atoms with E-state index in [0.717, 1.165) is 18.3 Å². The number of carbonyl (C=O) groups excluding carboxylic acids is 1. The normalized spacial score (nSPS) is 16.7. The monoisotopic (exact) mass is 250 g/mol. The van der Waals surface area contributed by atoms with Gasteiger partial charge in [0.25, 0.3) is 0 Å². The molecular weight excluding hydrogens is 220 g/mol. The van der Waals surface area contributed by atoms with E-state index in [1.165, 1.54) is 5.57 Å². The molecule has 0 rings (SSSR count). The lowest BCUT2D eigenvalue weighted by molar-refractivity contribution is -0.104. The van der Waals surface area contributed by atoms with Gasteiger partial charge in [-0.3, -0.25) is 4.79 Å². The first kappa shape index (κ1) is 17.2. The van der Waals surface area contributed by atoms with Crippen LogP contribution in [0.15, 0.2) is 23.3 Å². The Morgan fingerprint density at radius 2 is 1.61 bits per heavy atom. The Labute approximate surface area is 113 Å². The van der Waals surface area contributed by atoms with Crippen molar-refractivity contribution in [1.82, 2.24) is 0 Å². The van der Waals surface area contributed by atoms with Gasteiger partial charge < -0.3 is 0 Å². The first-order valence-electron chi connectivity index (χ1n) is 6.81. The average molecular weight is 250 g/mol. The fourth-order valence-corrected chi connectivity index (χ4v) is 2.22. The lowest BCUT2D eigenvalue weighted by Gasteiger charge is -2.36. The van der Waals surface area contributed by atoms with Crippen molar-refractivity contribution in [2.75, 3.05) is 0 Å². The van der Waals surface area contributed by atoms with Crippen LogP contribution in [-0.4, -0.2) is 6.29 Å². The summed E-state index contributed by atoms with van der Waals surface area (Å²) >= 11 is 0.